The first-order valence-electron chi connectivity index (χ1n) is 6.15. The quantitative estimate of drug-likeness (QED) is 0.559. The standard InChI is InChI=1S/C10H16N6O2S/c11-15-8-12-9(16-1-3-17-4-2-16)14-10(13-8)19-7-5-18-6-7/h7H,1-6,11H2,(H,12,13,14,15). The van der Waals surface area contributed by atoms with Crippen molar-refractivity contribution in [3.8, 4) is 0 Å². The first-order valence-corrected chi connectivity index (χ1v) is 7.03. The molecule has 104 valence electrons. The van der Waals surface area contributed by atoms with Gasteiger partial charge in [0.15, 0.2) is 5.16 Å². The number of nitrogens with zero attached hydrogens (tertiary/aromatic N) is 4. The molecule has 3 rings (SSSR count). The third-order valence-corrected chi connectivity index (χ3v) is 3.90. The van der Waals surface area contributed by atoms with Crippen LogP contribution in [0.2, 0.25) is 0 Å². The highest BCUT2D eigenvalue weighted by Gasteiger charge is 2.23. The number of morpholine rings is 1. The molecule has 1 aromatic heterocycles. The number of nitrogens with one attached hydrogen (secondary N) is 1. The van der Waals surface area contributed by atoms with E-state index in [1.165, 1.54) is 0 Å². The summed E-state index contributed by atoms with van der Waals surface area (Å²) in [6.45, 7) is 4.44. The SMILES string of the molecule is NNc1nc(SC2COC2)nc(N2CCOCC2)n1. The third kappa shape index (κ3) is 3.06. The molecule has 3 heterocycles. The molecule has 0 bridgehead atoms. The second kappa shape index (κ2) is 5.87. The summed E-state index contributed by atoms with van der Waals surface area (Å²) in [5.41, 5.74) is 2.49. The summed E-state index contributed by atoms with van der Waals surface area (Å²) in [5, 5.41) is 1.10. The van der Waals surface area contributed by atoms with Crippen LogP contribution in [0.3, 0.4) is 0 Å². The zero-order valence-corrected chi connectivity index (χ0v) is 11.2. The van der Waals surface area contributed by atoms with Crippen LogP contribution in [0.5, 0.6) is 0 Å². The van der Waals surface area contributed by atoms with Crippen LogP contribution >= 0.6 is 11.8 Å². The van der Waals surface area contributed by atoms with E-state index in [9.17, 15) is 0 Å². The number of anilines is 2. The predicted molar refractivity (Wildman–Crippen MR) is 71.1 cm³/mol. The largest absolute Gasteiger partial charge is 0.379 e. The van der Waals surface area contributed by atoms with Gasteiger partial charge in [-0.05, 0) is 0 Å². The highest BCUT2D eigenvalue weighted by atomic mass is 32.2. The maximum absolute atomic E-state index is 5.41. The van der Waals surface area contributed by atoms with Crippen LogP contribution in [0.15, 0.2) is 5.16 Å². The highest BCUT2D eigenvalue weighted by Crippen LogP contribution is 2.27. The molecule has 0 aliphatic carbocycles. The van der Waals surface area contributed by atoms with Gasteiger partial charge in [-0.3, -0.25) is 5.43 Å². The van der Waals surface area contributed by atoms with Crippen LogP contribution in [0.4, 0.5) is 11.9 Å². The van der Waals surface area contributed by atoms with Crippen LogP contribution in [0, 0.1) is 0 Å². The Morgan fingerprint density at radius 1 is 1.16 bits per heavy atom. The zero-order valence-electron chi connectivity index (χ0n) is 10.4. The maximum Gasteiger partial charge on any atom is 0.242 e. The molecule has 2 saturated heterocycles. The van der Waals surface area contributed by atoms with Crippen LogP contribution < -0.4 is 16.2 Å². The second-order valence-electron chi connectivity index (χ2n) is 4.26. The third-order valence-electron chi connectivity index (χ3n) is 2.91. The van der Waals surface area contributed by atoms with Crippen LogP contribution in [-0.2, 0) is 9.47 Å². The smallest absolute Gasteiger partial charge is 0.242 e. The van der Waals surface area contributed by atoms with Gasteiger partial charge in [-0.15, -0.1) is 0 Å². The molecule has 2 fully saturated rings. The van der Waals surface area contributed by atoms with Crippen molar-refractivity contribution >= 4 is 23.7 Å². The van der Waals surface area contributed by atoms with Gasteiger partial charge in [0, 0.05) is 13.1 Å². The first kappa shape index (κ1) is 12.9. The lowest BCUT2D eigenvalue weighted by Gasteiger charge is -2.28. The van der Waals surface area contributed by atoms with Gasteiger partial charge in [0.05, 0.1) is 31.7 Å². The molecule has 9 heteroatoms. The van der Waals surface area contributed by atoms with Gasteiger partial charge in [0.2, 0.25) is 11.9 Å². The molecule has 0 spiro atoms. The number of hydrogen-bond donors (Lipinski definition) is 2. The summed E-state index contributed by atoms with van der Waals surface area (Å²) in [6.07, 6.45) is 0. The van der Waals surface area contributed by atoms with Gasteiger partial charge in [-0.25, -0.2) is 5.84 Å². The molecule has 19 heavy (non-hydrogen) atoms. The fourth-order valence-corrected chi connectivity index (χ4v) is 2.70. The Labute approximate surface area is 115 Å². The van der Waals surface area contributed by atoms with E-state index in [1.807, 2.05) is 0 Å². The summed E-state index contributed by atoms with van der Waals surface area (Å²) in [7, 11) is 0. The van der Waals surface area contributed by atoms with Crippen molar-refractivity contribution in [3.05, 3.63) is 0 Å². The molecule has 1 aromatic rings. The van der Waals surface area contributed by atoms with Crippen LogP contribution in [-0.4, -0.2) is 59.7 Å². The van der Waals surface area contributed by atoms with Gasteiger partial charge in [0.1, 0.15) is 0 Å². The molecule has 8 nitrogen and oxygen atoms in total. The molecule has 0 aromatic carbocycles. The average molecular weight is 284 g/mol. The van der Waals surface area contributed by atoms with E-state index in [0.29, 0.717) is 35.5 Å². The molecular formula is C10H16N6O2S. The van der Waals surface area contributed by atoms with Crippen molar-refractivity contribution in [2.75, 3.05) is 49.8 Å². The lowest BCUT2D eigenvalue weighted by molar-refractivity contribution is 0.0454. The molecule has 3 N–H and O–H groups in total. The Hall–Kier alpha value is -1.16. The van der Waals surface area contributed by atoms with Gasteiger partial charge in [-0.1, -0.05) is 11.8 Å². The maximum atomic E-state index is 5.41. The minimum Gasteiger partial charge on any atom is -0.379 e. The zero-order chi connectivity index (χ0) is 13.1. The number of nitrogen functional groups attached to an aromatic ring is 1. The van der Waals surface area contributed by atoms with E-state index in [4.69, 9.17) is 15.3 Å². The number of aromatic nitrogens is 3. The Morgan fingerprint density at radius 2 is 1.95 bits per heavy atom. The topological polar surface area (TPSA) is 98.4 Å². The number of hydrogen-bond acceptors (Lipinski definition) is 9. The Balaban J connectivity index is 1.78. The van der Waals surface area contributed by atoms with Gasteiger partial charge in [0.25, 0.3) is 0 Å². The summed E-state index contributed by atoms with van der Waals surface area (Å²) in [6, 6.07) is 0. The van der Waals surface area contributed by atoms with E-state index in [2.05, 4.69) is 25.3 Å². The summed E-state index contributed by atoms with van der Waals surface area (Å²) < 4.78 is 10.5. The normalized spacial score (nSPS) is 20.2. The van der Waals surface area contributed by atoms with Crippen molar-refractivity contribution in [3.63, 3.8) is 0 Å². The van der Waals surface area contributed by atoms with Gasteiger partial charge >= 0.3 is 0 Å². The Kier molecular flexibility index (Phi) is 3.97. The molecule has 0 saturated carbocycles. The second-order valence-corrected chi connectivity index (χ2v) is 5.53. The number of ether oxygens (including phenoxy) is 2. The fraction of sp³-hybridized carbons (Fsp3) is 0.700. The Bertz CT molecular complexity index is 438. The van der Waals surface area contributed by atoms with E-state index >= 15 is 0 Å². The number of rotatable bonds is 4. The van der Waals surface area contributed by atoms with E-state index in [1.54, 1.807) is 11.8 Å². The lowest BCUT2D eigenvalue weighted by Crippen LogP contribution is -2.38. The van der Waals surface area contributed by atoms with Crippen molar-refractivity contribution in [1.29, 1.82) is 0 Å². The Morgan fingerprint density at radius 3 is 2.58 bits per heavy atom. The summed E-state index contributed by atoms with van der Waals surface area (Å²) >= 11 is 1.60. The summed E-state index contributed by atoms with van der Waals surface area (Å²) in [4.78, 5) is 15.1. The van der Waals surface area contributed by atoms with Crippen molar-refractivity contribution in [1.82, 2.24) is 15.0 Å². The van der Waals surface area contributed by atoms with Gasteiger partial charge in [-0.2, -0.15) is 15.0 Å². The molecule has 0 amide bonds. The highest BCUT2D eigenvalue weighted by molar-refractivity contribution is 7.99. The average Bonchev–Trinajstić information content (AvgIpc) is 2.43. The number of thioether (sulfide) groups is 1. The van der Waals surface area contributed by atoms with Crippen LogP contribution in [0.25, 0.3) is 0 Å². The van der Waals surface area contributed by atoms with Crippen LogP contribution in [0.1, 0.15) is 0 Å². The molecule has 0 radical (unpaired) electrons. The van der Waals surface area contributed by atoms with E-state index in [0.717, 1.165) is 26.3 Å². The fourth-order valence-electron chi connectivity index (χ4n) is 1.80. The van der Waals surface area contributed by atoms with E-state index < -0.39 is 0 Å². The number of hydrazine groups is 1. The minimum atomic E-state index is 0.388. The molecule has 2 aliphatic rings. The molecular weight excluding hydrogens is 268 g/mol. The first-order chi connectivity index (χ1) is 9.35. The monoisotopic (exact) mass is 284 g/mol. The minimum absolute atomic E-state index is 0.388. The molecule has 0 unspecified atom stereocenters. The summed E-state index contributed by atoms with van der Waals surface area (Å²) in [5.74, 6) is 6.45. The molecule has 0 atom stereocenters. The van der Waals surface area contributed by atoms with Crippen molar-refractivity contribution < 1.29 is 9.47 Å². The van der Waals surface area contributed by atoms with Gasteiger partial charge < -0.3 is 14.4 Å². The van der Waals surface area contributed by atoms with E-state index in [-0.39, 0.29) is 0 Å². The number of nitrogens with two attached hydrogens (primary N) is 1. The lowest BCUT2D eigenvalue weighted by atomic mass is 10.4. The molecule has 2 aliphatic heterocycles. The predicted octanol–water partition coefficient (Wildman–Crippen LogP) is -0.515. The van der Waals surface area contributed by atoms with Crippen molar-refractivity contribution in [2.24, 2.45) is 5.84 Å². The van der Waals surface area contributed by atoms with Crippen molar-refractivity contribution in [2.45, 2.75) is 10.4 Å².